The number of hydrogen-bond acceptors (Lipinski definition) is 7. The summed E-state index contributed by atoms with van der Waals surface area (Å²) in [6, 6.07) is 4.34. The van der Waals surface area contributed by atoms with E-state index in [-0.39, 0.29) is 23.5 Å². The number of morpholine rings is 1. The molecule has 0 unspecified atom stereocenters. The maximum Gasteiger partial charge on any atom is 0.334 e. The molecule has 2 aliphatic rings. The van der Waals surface area contributed by atoms with E-state index in [1.807, 2.05) is 0 Å². The summed E-state index contributed by atoms with van der Waals surface area (Å²) in [5, 5.41) is 0. The summed E-state index contributed by atoms with van der Waals surface area (Å²) in [4.78, 5) is 48.5. The Morgan fingerprint density at radius 2 is 1.63 bits per heavy atom. The molecule has 2 aliphatic heterocycles. The highest BCUT2D eigenvalue weighted by atomic mass is 32.2. The van der Waals surface area contributed by atoms with Gasteiger partial charge in [0.2, 0.25) is 10.0 Å². The molecular weight excluding hydrogens is 378 g/mol. The molecule has 3 rings (SSSR count). The van der Waals surface area contributed by atoms with Crippen LogP contribution in [0.3, 0.4) is 0 Å². The SMILES string of the molecule is CN1C(=O)C(=O)N(CC(=O)c2ccc(S(=O)(=O)N3CCOCC3)cc2)C1=O. The number of Topliss-reactive ketones (excluding diaryl/α,β-unsaturated/α-hetero) is 1. The number of ether oxygens (including phenoxy) is 1. The van der Waals surface area contributed by atoms with Crippen molar-refractivity contribution in [3.8, 4) is 0 Å². The van der Waals surface area contributed by atoms with Crippen molar-refractivity contribution in [2.45, 2.75) is 4.90 Å². The normalized spacial score (nSPS) is 19.1. The molecule has 27 heavy (non-hydrogen) atoms. The third kappa shape index (κ3) is 3.48. The second-order valence-electron chi connectivity index (χ2n) is 6.00. The van der Waals surface area contributed by atoms with Gasteiger partial charge in [-0.1, -0.05) is 0 Å². The van der Waals surface area contributed by atoms with Gasteiger partial charge in [-0.3, -0.25) is 19.3 Å². The van der Waals surface area contributed by atoms with E-state index in [0.717, 1.165) is 7.05 Å². The molecule has 0 aliphatic carbocycles. The first-order valence-electron chi connectivity index (χ1n) is 8.08. The van der Waals surface area contributed by atoms with E-state index in [1.165, 1.54) is 28.6 Å². The first kappa shape index (κ1) is 19.1. The molecule has 144 valence electrons. The molecule has 0 saturated carbocycles. The van der Waals surface area contributed by atoms with Crippen molar-refractivity contribution in [2.24, 2.45) is 0 Å². The van der Waals surface area contributed by atoms with Crippen LogP contribution in [-0.2, 0) is 24.3 Å². The van der Waals surface area contributed by atoms with E-state index in [0.29, 0.717) is 23.0 Å². The van der Waals surface area contributed by atoms with Gasteiger partial charge in [0.05, 0.1) is 24.7 Å². The number of hydrogen-bond donors (Lipinski definition) is 0. The van der Waals surface area contributed by atoms with Gasteiger partial charge in [0, 0.05) is 25.7 Å². The number of carbonyl (C=O) groups is 4. The lowest BCUT2D eigenvalue weighted by Crippen LogP contribution is -2.40. The van der Waals surface area contributed by atoms with Crippen LogP contribution >= 0.6 is 0 Å². The van der Waals surface area contributed by atoms with Gasteiger partial charge in [0.1, 0.15) is 0 Å². The average molecular weight is 395 g/mol. The summed E-state index contributed by atoms with van der Waals surface area (Å²) in [5.41, 5.74) is 0.124. The summed E-state index contributed by atoms with van der Waals surface area (Å²) in [6.07, 6.45) is 0. The quantitative estimate of drug-likeness (QED) is 0.367. The van der Waals surface area contributed by atoms with Gasteiger partial charge in [-0.15, -0.1) is 0 Å². The largest absolute Gasteiger partial charge is 0.379 e. The maximum absolute atomic E-state index is 12.6. The number of urea groups is 1. The number of benzene rings is 1. The summed E-state index contributed by atoms with van der Waals surface area (Å²) >= 11 is 0. The molecule has 2 heterocycles. The molecule has 1 aromatic rings. The Labute approximate surface area is 155 Å². The maximum atomic E-state index is 12.6. The van der Waals surface area contributed by atoms with Crippen molar-refractivity contribution in [1.82, 2.24) is 14.1 Å². The number of sulfonamides is 1. The lowest BCUT2D eigenvalue weighted by atomic mass is 10.1. The molecular formula is C16H17N3O7S. The smallest absolute Gasteiger partial charge is 0.334 e. The van der Waals surface area contributed by atoms with Gasteiger partial charge < -0.3 is 4.74 Å². The third-order valence-corrected chi connectivity index (χ3v) is 6.25. The Morgan fingerprint density at radius 1 is 1.04 bits per heavy atom. The first-order valence-corrected chi connectivity index (χ1v) is 9.52. The fraction of sp³-hybridized carbons (Fsp3) is 0.375. The van der Waals surface area contributed by atoms with Crippen molar-refractivity contribution in [3.63, 3.8) is 0 Å². The minimum absolute atomic E-state index is 0.0317. The van der Waals surface area contributed by atoms with Crippen molar-refractivity contribution in [3.05, 3.63) is 29.8 Å². The fourth-order valence-corrected chi connectivity index (χ4v) is 4.14. The van der Waals surface area contributed by atoms with Crippen LogP contribution in [0.15, 0.2) is 29.2 Å². The van der Waals surface area contributed by atoms with Crippen LogP contribution in [0.2, 0.25) is 0 Å². The zero-order valence-corrected chi connectivity index (χ0v) is 15.3. The van der Waals surface area contributed by atoms with Gasteiger partial charge in [-0.2, -0.15) is 4.31 Å². The Morgan fingerprint density at radius 3 is 2.15 bits per heavy atom. The standard InChI is InChI=1S/C16H17N3O7S/c1-17-14(21)15(22)19(16(17)23)10-13(20)11-2-4-12(5-3-11)27(24,25)18-6-8-26-9-7-18/h2-5H,6-10H2,1H3. The van der Waals surface area contributed by atoms with Crippen LogP contribution in [0.1, 0.15) is 10.4 Å². The monoisotopic (exact) mass is 395 g/mol. The molecule has 1 aromatic carbocycles. The minimum Gasteiger partial charge on any atom is -0.379 e. The molecule has 10 nitrogen and oxygen atoms in total. The predicted octanol–water partition coefficient (Wildman–Crippen LogP) is -0.689. The van der Waals surface area contributed by atoms with Gasteiger partial charge in [0.25, 0.3) is 0 Å². The van der Waals surface area contributed by atoms with Crippen LogP contribution in [-0.4, -0.2) is 86.0 Å². The van der Waals surface area contributed by atoms with Crippen LogP contribution in [0.4, 0.5) is 4.79 Å². The van der Waals surface area contributed by atoms with E-state index in [4.69, 9.17) is 4.74 Å². The third-order valence-electron chi connectivity index (χ3n) is 4.34. The lowest BCUT2D eigenvalue weighted by Gasteiger charge is -2.26. The van der Waals surface area contributed by atoms with Gasteiger partial charge in [-0.25, -0.2) is 18.1 Å². The number of ketones is 1. The molecule has 0 N–H and O–H groups in total. The Balaban J connectivity index is 1.73. The Bertz CT molecular complexity index is 904. The molecule has 0 radical (unpaired) electrons. The molecule has 0 bridgehead atoms. The second kappa shape index (κ2) is 7.18. The number of imide groups is 2. The van der Waals surface area contributed by atoms with E-state index < -0.39 is 40.2 Å². The molecule has 2 fully saturated rings. The fourth-order valence-electron chi connectivity index (χ4n) is 2.74. The predicted molar refractivity (Wildman–Crippen MR) is 90.2 cm³/mol. The highest BCUT2D eigenvalue weighted by Gasteiger charge is 2.43. The van der Waals surface area contributed by atoms with E-state index >= 15 is 0 Å². The second-order valence-corrected chi connectivity index (χ2v) is 7.94. The van der Waals surface area contributed by atoms with E-state index in [2.05, 4.69) is 0 Å². The zero-order valence-electron chi connectivity index (χ0n) is 14.5. The van der Waals surface area contributed by atoms with Crippen LogP contribution in [0.5, 0.6) is 0 Å². The minimum atomic E-state index is -3.69. The molecule has 11 heteroatoms. The summed E-state index contributed by atoms with van der Waals surface area (Å²) in [7, 11) is -2.54. The highest BCUT2D eigenvalue weighted by Crippen LogP contribution is 2.18. The van der Waals surface area contributed by atoms with Gasteiger partial charge >= 0.3 is 17.8 Å². The molecule has 2 saturated heterocycles. The van der Waals surface area contributed by atoms with Crippen LogP contribution in [0.25, 0.3) is 0 Å². The molecule has 0 spiro atoms. The van der Waals surface area contributed by atoms with E-state index in [1.54, 1.807) is 0 Å². The highest BCUT2D eigenvalue weighted by molar-refractivity contribution is 7.89. The number of nitrogens with zero attached hydrogens (tertiary/aromatic N) is 3. The van der Waals surface area contributed by atoms with Crippen molar-refractivity contribution in [1.29, 1.82) is 0 Å². The van der Waals surface area contributed by atoms with Crippen molar-refractivity contribution >= 4 is 33.7 Å². The van der Waals surface area contributed by atoms with E-state index in [9.17, 15) is 27.6 Å². The number of carbonyl (C=O) groups excluding carboxylic acids is 4. The van der Waals surface area contributed by atoms with Gasteiger partial charge in [0.15, 0.2) is 5.78 Å². The lowest BCUT2D eigenvalue weighted by molar-refractivity contribution is -0.142. The summed E-state index contributed by atoms with van der Waals surface area (Å²) in [6.45, 7) is 0.554. The van der Waals surface area contributed by atoms with Gasteiger partial charge in [-0.05, 0) is 24.3 Å². The topological polar surface area (TPSA) is 121 Å². The Kier molecular flexibility index (Phi) is 5.09. The molecule has 4 amide bonds. The van der Waals surface area contributed by atoms with Crippen LogP contribution in [0, 0.1) is 0 Å². The summed E-state index contributed by atoms with van der Waals surface area (Å²) < 4.78 is 31.5. The molecule has 0 aromatic heterocycles. The number of likely N-dealkylation sites (N-methyl/N-ethyl adjacent to an activating group) is 1. The first-order chi connectivity index (χ1) is 12.7. The number of amides is 4. The van der Waals surface area contributed by atoms with Crippen molar-refractivity contribution < 1.29 is 32.3 Å². The number of rotatable bonds is 5. The zero-order chi connectivity index (χ0) is 19.8. The average Bonchev–Trinajstić information content (AvgIpc) is 2.86. The van der Waals surface area contributed by atoms with Crippen molar-refractivity contribution in [2.75, 3.05) is 39.9 Å². The summed E-state index contributed by atoms with van der Waals surface area (Å²) in [5.74, 6) is -2.66. The Hall–Kier alpha value is -2.63. The molecule has 0 atom stereocenters. The van der Waals surface area contributed by atoms with Crippen LogP contribution < -0.4 is 0 Å².